The van der Waals surface area contributed by atoms with Crippen LogP contribution in [0.3, 0.4) is 0 Å². The lowest BCUT2D eigenvalue weighted by Crippen LogP contribution is -2.55. The maximum absolute atomic E-state index is 12.4. The van der Waals surface area contributed by atoms with Crippen LogP contribution in [0.5, 0.6) is 0 Å². The van der Waals surface area contributed by atoms with E-state index in [1.807, 2.05) is 4.90 Å². The largest absolute Gasteiger partial charge is 0.459 e. The summed E-state index contributed by atoms with van der Waals surface area (Å²) in [5.41, 5.74) is 0. The van der Waals surface area contributed by atoms with Crippen LogP contribution in [0.15, 0.2) is 27.8 Å². The molecule has 0 aliphatic carbocycles. The van der Waals surface area contributed by atoms with Gasteiger partial charge in [-0.25, -0.2) is 0 Å². The highest BCUT2D eigenvalue weighted by Gasteiger charge is 2.26. The van der Waals surface area contributed by atoms with Crippen molar-refractivity contribution in [1.29, 1.82) is 0 Å². The molecule has 1 atom stereocenters. The van der Waals surface area contributed by atoms with E-state index >= 15 is 0 Å². The van der Waals surface area contributed by atoms with E-state index in [1.54, 1.807) is 19.2 Å². The number of morpholine rings is 1. The Morgan fingerprint density at radius 1 is 1.24 bits per heavy atom. The summed E-state index contributed by atoms with van der Waals surface area (Å²) >= 11 is 0. The molecule has 0 saturated carbocycles. The molecule has 1 aromatic rings. The lowest BCUT2D eigenvalue weighted by Gasteiger charge is -2.37. The number of aliphatic imine (C=N–C) groups is 1. The fourth-order valence-electron chi connectivity index (χ4n) is 3.80. The van der Waals surface area contributed by atoms with Crippen LogP contribution in [0.4, 0.5) is 0 Å². The average Bonchev–Trinajstić information content (AvgIpc) is 3.23. The minimum atomic E-state index is -0.0477. The number of furan rings is 1. The smallest absolute Gasteiger partial charge is 0.289 e. The summed E-state index contributed by atoms with van der Waals surface area (Å²) in [4.78, 5) is 23.3. The van der Waals surface area contributed by atoms with E-state index in [4.69, 9.17) is 9.15 Å². The quantitative estimate of drug-likeness (QED) is 0.362. The number of ether oxygens (including phenoxy) is 1. The van der Waals surface area contributed by atoms with Crippen molar-refractivity contribution in [3.8, 4) is 0 Å². The lowest BCUT2D eigenvalue weighted by molar-refractivity contribution is -0.0287. The molecule has 0 radical (unpaired) electrons. The van der Waals surface area contributed by atoms with Crippen molar-refractivity contribution >= 4 is 35.8 Å². The third-order valence-electron chi connectivity index (χ3n) is 5.14. The summed E-state index contributed by atoms with van der Waals surface area (Å²) < 4.78 is 11.1. The molecule has 0 bridgehead atoms. The number of nitrogens with one attached hydrogen (secondary N) is 1. The van der Waals surface area contributed by atoms with Crippen molar-refractivity contribution in [3.05, 3.63) is 24.2 Å². The highest BCUT2D eigenvalue weighted by molar-refractivity contribution is 14.0. The second-order valence-corrected chi connectivity index (χ2v) is 7.83. The van der Waals surface area contributed by atoms with Gasteiger partial charge < -0.3 is 24.3 Å². The Labute approximate surface area is 190 Å². The summed E-state index contributed by atoms with van der Waals surface area (Å²) in [6.07, 6.45) is 1.70. The van der Waals surface area contributed by atoms with E-state index in [2.05, 4.69) is 34.0 Å². The molecule has 1 aromatic heterocycles. The molecule has 0 aromatic carbocycles. The van der Waals surface area contributed by atoms with Gasteiger partial charge in [0.25, 0.3) is 5.91 Å². The minimum Gasteiger partial charge on any atom is -0.459 e. The standard InChI is InChI=1S/C20H33N5O3.HI/c1-16(2)14-23-10-12-27-17(15-23)13-22-20(21-3)25-8-6-24(7-9-25)19(26)18-5-4-11-28-18;/h4-5,11,16-17H,6-10,12-15H2,1-3H3,(H,21,22);1H. The fourth-order valence-corrected chi connectivity index (χ4v) is 3.80. The van der Waals surface area contributed by atoms with Gasteiger partial charge in [0.15, 0.2) is 11.7 Å². The van der Waals surface area contributed by atoms with Crippen molar-refractivity contribution < 1.29 is 13.9 Å². The highest BCUT2D eigenvalue weighted by Crippen LogP contribution is 2.10. The van der Waals surface area contributed by atoms with Gasteiger partial charge in [-0.3, -0.25) is 14.7 Å². The van der Waals surface area contributed by atoms with Crippen LogP contribution < -0.4 is 5.32 Å². The number of carbonyl (C=O) groups excluding carboxylic acids is 1. The zero-order valence-corrected chi connectivity index (χ0v) is 20.0. The van der Waals surface area contributed by atoms with E-state index in [9.17, 15) is 4.79 Å². The first-order valence-corrected chi connectivity index (χ1v) is 10.2. The number of rotatable bonds is 5. The second-order valence-electron chi connectivity index (χ2n) is 7.83. The van der Waals surface area contributed by atoms with Crippen molar-refractivity contribution in [2.24, 2.45) is 10.9 Å². The molecule has 3 heterocycles. The highest BCUT2D eigenvalue weighted by atomic mass is 127. The second kappa shape index (κ2) is 11.8. The average molecular weight is 519 g/mol. The minimum absolute atomic E-state index is 0. The van der Waals surface area contributed by atoms with Crippen LogP contribution in [0, 0.1) is 5.92 Å². The van der Waals surface area contributed by atoms with Crippen LogP contribution in [0.2, 0.25) is 0 Å². The monoisotopic (exact) mass is 519 g/mol. The SMILES string of the molecule is CN=C(NCC1CN(CC(C)C)CCO1)N1CCN(C(=O)c2ccco2)CC1.I. The van der Waals surface area contributed by atoms with Gasteiger partial charge >= 0.3 is 0 Å². The predicted molar refractivity (Wildman–Crippen MR) is 124 cm³/mol. The molecule has 3 rings (SSSR count). The van der Waals surface area contributed by atoms with E-state index in [-0.39, 0.29) is 36.0 Å². The van der Waals surface area contributed by atoms with E-state index in [1.165, 1.54) is 6.26 Å². The number of guanidine groups is 1. The number of halogens is 1. The molecule has 29 heavy (non-hydrogen) atoms. The maximum atomic E-state index is 12.4. The molecular weight excluding hydrogens is 485 g/mol. The van der Waals surface area contributed by atoms with Crippen molar-refractivity contribution in [3.63, 3.8) is 0 Å². The first kappa shape index (κ1) is 23.9. The Morgan fingerprint density at radius 3 is 2.59 bits per heavy atom. The molecule has 2 fully saturated rings. The fraction of sp³-hybridized carbons (Fsp3) is 0.700. The third kappa shape index (κ3) is 6.85. The number of nitrogens with zero attached hydrogens (tertiary/aromatic N) is 4. The van der Waals surface area contributed by atoms with Crippen molar-refractivity contribution in [1.82, 2.24) is 20.0 Å². The third-order valence-corrected chi connectivity index (χ3v) is 5.14. The molecule has 9 heteroatoms. The summed E-state index contributed by atoms with van der Waals surface area (Å²) in [7, 11) is 1.80. The zero-order valence-electron chi connectivity index (χ0n) is 17.7. The molecule has 2 saturated heterocycles. The molecule has 2 aliphatic heterocycles. The number of carbonyl (C=O) groups is 1. The van der Waals surface area contributed by atoms with Crippen LogP contribution in [-0.2, 0) is 4.74 Å². The van der Waals surface area contributed by atoms with Gasteiger partial charge in [-0.1, -0.05) is 13.8 Å². The van der Waals surface area contributed by atoms with Crippen LogP contribution in [-0.4, -0.2) is 98.7 Å². The molecule has 1 amide bonds. The first-order valence-electron chi connectivity index (χ1n) is 10.2. The Kier molecular flexibility index (Phi) is 9.70. The zero-order chi connectivity index (χ0) is 19.9. The van der Waals surface area contributed by atoms with Gasteiger partial charge in [-0.15, -0.1) is 24.0 Å². The number of piperazine rings is 1. The first-order chi connectivity index (χ1) is 13.6. The van der Waals surface area contributed by atoms with Crippen LogP contribution in [0.25, 0.3) is 0 Å². The van der Waals surface area contributed by atoms with E-state index in [0.29, 0.717) is 24.8 Å². The van der Waals surface area contributed by atoms with Gasteiger partial charge in [0.2, 0.25) is 0 Å². The Balaban J connectivity index is 0.00000300. The van der Waals surface area contributed by atoms with Crippen molar-refractivity contribution in [2.45, 2.75) is 20.0 Å². The van der Waals surface area contributed by atoms with Gasteiger partial charge in [0, 0.05) is 59.4 Å². The molecule has 8 nitrogen and oxygen atoms in total. The molecule has 164 valence electrons. The Hall–Kier alpha value is -1.33. The van der Waals surface area contributed by atoms with E-state index in [0.717, 1.165) is 51.8 Å². The van der Waals surface area contributed by atoms with Gasteiger partial charge in [0.05, 0.1) is 19.0 Å². The van der Waals surface area contributed by atoms with Crippen LogP contribution >= 0.6 is 24.0 Å². The lowest BCUT2D eigenvalue weighted by atomic mass is 10.2. The Bertz CT molecular complexity index is 645. The van der Waals surface area contributed by atoms with Crippen molar-refractivity contribution in [2.75, 3.05) is 66.0 Å². The maximum Gasteiger partial charge on any atom is 0.289 e. The summed E-state index contributed by atoms with van der Waals surface area (Å²) in [6.45, 7) is 11.9. The number of hydrogen-bond donors (Lipinski definition) is 1. The number of amides is 1. The predicted octanol–water partition coefficient (Wildman–Crippen LogP) is 1.59. The van der Waals surface area contributed by atoms with E-state index < -0.39 is 0 Å². The van der Waals surface area contributed by atoms with Crippen LogP contribution in [0.1, 0.15) is 24.4 Å². The summed E-state index contributed by atoms with van der Waals surface area (Å²) in [5, 5.41) is 3.46. The molecule has 1 N–H and O–H groups in total. The topological polar surface area (TPSA) is 73.6 Å². The Morgan fingerprint density at radius 2 is 1.97 bits per heavy atom. The summed E-state index contributed by atoms with van der Waals surface area (Å²) in [6, 6.07) is 3.45. The van der Waals surface area contributed by atoms with Gasteiger partial charge in [-0.2, -0.15) is 0 Å². The number of hydrogen-bond acceptors (Lipinski definition) is 5. The van der Waals surface area contributed by atoms with Gasteiger partial charge in [0.1, 0.15) is 0 Å². The molecular formula is C20H34IN5O3. The molecule has 0 spiro atoms. The molecule has 2 aliphatic rings. The van der Waals surface area contributed by atoms with Gasteiger partial charge in [-0.05, 0) is 18.1 Å². The summed E-state index contributed by atoms with van der Waals surface area (Å²) in [5.74, 6) is 1.89. The molecule has 1 unspecified atom stereocenters. The normalized spacial score (nSPS) is 21.2.